The van der Waals surface area contributed by atoms with E-state index in [9.17, 15) is 4.79 Å². The molecule has 0 spiro atoms. The van der Waals surface area contributed by atoms with Gasteiger partial charge in [-0.15, -0.1) is 24.0 Å². The summed E-state index contributed by atoms with van der Waals surface area (Å²) in [6.45, 7) is 1.60. The molecule has 46 heavy (non-hydrogen) atoms. The van der Waals surface area contributed by atoms with E-state index in [1.54, 1.807) is 6.92 Å². The minimum atomic E-state index is -0.745. The Morgan fingerprint density at radius 1 is 0.304 bits per heavy atom. The molecule has 0 bridgehead atoms. The van der Waals surface area contributed by atoms with Crippen molar-refractivity contribution < 1.29 is 1600 Å². The molecule has 0 aromatic heterocycles. The number of carboxylic acids is 1. The van der Waals surface area contributed by atoms with Gasteiger partial charge in [0.25, 0.3) is 0 Å². The van der Waals surface area contributed by atoms with Crippen LogP contribution in [0.3, 0.4) is 0 Å². The molecular weight excluding hydrogens is 5550 g/mol. The van der Waals surface area contributed by atoms with E-state index in [0.29, 0.717) is 0 Å². The summed E-state index contributed by atoms with van der Waals surface area (Å²) in [6.07, 6.45) is 0.222. The van der Waals surface area contributed by atoms with Crippen LogP contribution in [0.25, 0.3) is 0 Å². The van der Waals surface area contributed by atoms with Crippen LogP contribution in [-0.4, -0.2) is 11.1 Å². The average molecular weight is 5560 g/mol. The van der Waals surface area contributed by atoms with Crippen molar-refractivity contribution in [3.8, 4) is 0 Å². The van der Waals surface area contributed by atoms with Crippen LogP contribution in [0.2, 0.25) is 0 Å². The Bertz CT molecular complexity index is 80.0. The van der Waals surface area contributed by atoms with Gasteiger partial charge in [0.2, 0.25) is 0 Å². The zero-order valence-electron chi connectivity index (χ0n) is 23.2. The number of aliphatic carboxylic acids is 1. The molecule has 0 aliphatic heterocycles. The van der Waals surface area contributed by atoms with E-state index in [1.807, 2.05) is 0 Å². The molecule has 0 saturated heterocycles. The second-order valence-electron chi connectivity index (χ2n) is 0.747. The molecule has 42 heteroatoms. The SMILES string of the molecule is C.CCC(=O)O.I.N.[Ce].[Ce].[Ce].[Ce].[Ce].[Ce].[Ce].[Ce].[Ce].[Ce].[Ce].[Ce].[Ce].[Ce].[Ce].[Ce].[Ce].[Ce].[Ce].[Ce].[Ce].[Ce].[Ce].[Ce].[Ce].[Ce].[Ce].[Ce].[Ce].[Ce].[Ce].[Ce].[Ce].[Ce].[Ce].[Ce].[Ce].[Ce]. The third kappa shape index (κ3) is 296. The van der Waals surface area contributed by atoms with Crippen LogP contribution >= 0.6 is 24.0 Å². The van der Waals surface area contributed by atoms with Gasteiger partial charge in [0.15, 0.2) is 0 Å². The van der Waals surface area contributed by atoms with Gasteiger partial charge in [-0.05, 0) is 0 Å². The number of carboxylic acid groups (broad SMARTS) is 1. The van der Waals surface area contributed by atoms with Gasteiger partial charge in [-0.1, -0.05) is 14.4 Å². The minimum absolute atomic E-state index is 0. The molecule has 0 radical (unpaired) electrons. The molecule has 0 aromatic rings. The fraction of sp³-hybridized carbons (Fsp3) is 0.750. The molecule has 0 fully saturated rings. The molecule has 206 valence electrons. The van der Waals surface area contributed by atoms with E-state index in [0.717, 1.165) is 0 Å². The second kappa shape index (κ2) is 284. The van der Waals surface area contributed by atoms with Gasteiger partial charge in [-0.25, -0.2) is 0 Å². The van der Waals surface area contributed by atoms with Gasteiger partial charge in [-0.2, -0.15) is 0 Å². The number of halogens is 1. The van der Waals surface area contributed by atoms with Gasteiger partial charge in [0.05, 0.1) is 0 Å². The van der Waals surface area contributed by atoms with E-state index in [4.69, 9.17) is 5.11 Å². The fourth-order valence-electron chi connectivity index (χ4n) is 0. The molecule has 0 aliphatic carbocycles. The van der Waals surface area contributed by atoms with Gasteiger partial charge < -0.3 is 11.3 Å². The summed E-state index contributed by atoms with van der Waals surface area (Å²) in [7, 11) is 0. The van der Waals surface area contributed by atoms with Crippen LogP contribution in [0.1, 0.15) is 20.8 Å². The van der Waals surface area contributed by atoms with Crippen LogP contribution in [0.4, 0.5) is 0 Å². The van der Waals surface area contributed by atoms with Crippen molar-refractivity contribution in [3.05, 3.63) is 0 Å². The Morgan fingerprint density at radius 3 is 0.326 bits per heavy atom. The molecule has 4 N–H and O–H groups in total. The average Bonchev–Trinajstić information content (AvgIpc) is 1.38. The van der Waals surface area contributed by atoms with Crippen LogP contribution in [0, 0.1) is 1590 Å². The summed E-state index contributed by atoms with van der Waals surface area (Å²) in [6, 6.07) is 0. The monoisotopic (exact) mass is 5550 g/mol. The second-order valence-corrected chi connectivity index (χ2v) is 0.747. The first kappa shape index (κ1) is 293. The van der Waals surface area contributed by atoms with Gasteiger partial charge in [0, 0.05) is 1590 Å². The summed E-state index contributed by atoms with van der Waals surface area (Å²) in [5, 5.41) is 7.72. The maximum atomic E-state index is 9.37. The number of hydrogen-bond acceptors (Lipinski definition) is 2. The van der Waals surface area contributed by atoms with Crippen LogP contribution in [-0.2, 0) is 4.79 Å². The Hall–Kier alpha value is 52.5. The van der Waals surface area contributed by atoms with E-state index in [2.05, 4.69) is 0 Å². The summed E-state index contributed by atoms with van der Waals surface area (Å²) in [5.41, 5.74) is 0. The Labute approximate surface area is 1580 Å². The molecule has 3 nitrogen and oxygen atoms in total. The van der Waals surface area contributed by atoms with Crippen LogP contribution in [0.5, 0.6) is 0 Å². The van der Waals surface area contributed by atoms with Crippen molar-refractivity contribution in [3.63, 3.8) is 0 Å². The third-order valence-corrected chi connectivity index (χ3v) is 0.302. The zero-order chi connectivity index (χ0) is 4.28. The van der Waals surface area contributed by atoms with Crippen molar-refractivity contribution in [1.82, 2.24) is 6.15 Å². The molecule has 0 aromatic carbocycles. The molecule has 0 amide bonds. The zero-order valence-corrected chi connectivity index (χ0v) is 145. The predicted octanol–water partition coefficient (Wildman–Crippen LogP) is 1.90. The quantitative estimate of drug-likeness (QED) is 0.395. The van der Waals surface area contributed by atoms with Gasteiger partial charge in [0.1, 0.15) is 0 Å². The maximum Gasteiger partial charge on any atom is 0.303 e. The summed E-state index contributed by atoms with van der Waals surface area (Å²) in [4.78, 5) is 9.37. The van der Waals surface area contributed by atoms with Crippen LogP contribution < -0.4 is 6.15 Å². The summed E-state index contributed by atoms with van der Waals surface area (Å²) < 4.78 is 0. The smallest absolute Gasteiger partial charge is 0.303 e. The maximum absolute atomic E-state index is 9.37. The van der Waals surface area contributed by atoms with Crippen molar-refractivity contribution >= 4 is 29.9 Å². The Balaban J connectivity index is -0.0000000000976. The predicted molar refractivity (Wildman–Crippen MR) is 45.1 cm³/mol. The van der Waals surface area contributed by atoms with Crippen molar-refractivity contribution in [2.75, 3.05) is 0 Å². The Kier molecular flexibility index (Phi) is 1810. The van der Waals surface area contributed by atoms with Gasteiger partial charge in [-0.3, -0.25) is 4.79 Å². The van der Waals surface area contributed by atoms with E-state index >= 15 is 0 Å². The molecule has 0 saturated carbocycles. The normalized spacial score (nSPS) is 0.804. The molecular formula is C4H14Ce38INO2. The topological polar surface area (TPSA) is 72.3 Å². The first-order chi connectivity index (χ1) is 2.27. The van der Waals surface area contributed by atoms with Crippen LogP contribution in [0.15, 0.2) is 0 Å². The minimum Gasteiger partial charge on any atom is -0.481 e. The first-order valence-corrected chi connectivity index (χ1v) is 1.49. The largest absolute Gasteiger partial charge is 0.481 e. The van der Waals surface area contributed by atoms with Crippen molar-refractivity contribution in [1.29, 1.82) is 0 Å². The number of hydrogen-bond donors (Lipinski definition) is 2. The molecule has 0 unspecified atom stereocenters. The van der Waals surface area contributed by atoms with E-state index in [-0.39, 0.29) is 1630 Å². The molecule has 0 heterocycles. The third-order valence-electron chi connectivity index (χ3n) is 0.302. The van der Waals surface area contributed by atoms with Gasteiger partial charge >= 0.3 is 5.97 Å². The number of rotatable bonds is 1. The van der Waals surface area contributed by atoms with E-state index in [1.165, 1.54) is 0 Å². The first-order valence-electron chi connectivity index (χ1n) is 1.49. The standard InChI is InChI=1S/C3H6O2.CH4.38Ce.HI.H3N/c1-2-3(4)5;;;;;;;;;;;;;;;;;;;;;;;;;;;;;;;;;;;;;;;;;/h2H2,1H3,(H,4,5);1H4;;;;;;;;;;;;;;;;;;;;;;;;;;;;;;;;;;;;;;;1H;1H3. The molecule has 0 atom stereocenters. The van der Waals surface area contributed by atoms with Crippen molar-refractivity contribution in [2.24, 2.45) is 0 Å². The van der Waals surface area contributed by atoms with E-state index < -0.39 is 5.97 Å². The molecule has 0 rings (SSSR count). The number of carbonyl (C=O) groups is 1. The summed E-state index contributed by atoms with van der Waals surface area (Å²) >= 11 is 0. The summed E-state index contributed by atoms with van der Waals surface area (Å²) in [5.74, 6) is -0.745. The fourth-order valence-corrected chi connectivity index (χ4v) is 0. The van der Waals surface area contributed by atoms with Crippen molar-refractivity contribution in [2.45, 2.75) is 20.8 Å². The Morgan fingerprint density at radius 2 is 0.326 bits per heavy atom. The molecule has 0 aliphatic rings.